The maximum Gasteiger partial charge on any atom is 0.408 e. The number of nitrogens with zero attached hydrogens (tertiary/aromatic N) is 2. The summed E-state index contributed by atoms with van der Waals surface area (Å²) in [5.74, 6) is -13.9. The summed E-state index contributed by atoms with van der Waals surface area (Å²) in [6.07, 6.45) is 0.533. The number of hydrogen-bond donors (Lipinski definition) is 16. The van der Waals surface area contributed by atoms with Gasteiger partial charge in [-0.1, -0.05) is 53.9 Å². The van der Waals surface area contributed by atoms with E-state index in [1.54, 1.807) is 20.8 Å². The van der Waals surface area contributed by atoms with E-state index in [0.717, 1.165) is 68.3 Å². The summed E-state index contributed by atoms with van der Waals surface area (Å²) < 4.78 is 24.4. The van der Waals surface area contributed by atoms with E-state index in [-0.39, 0.29) is 108 Å². The molecule has 7 aromatic rings. The number of benzene rings is 7. The Labute approximate surface area is 641 Å². The van der Waals surface area contributed by atoms with Crippen LogP contribution in [-0.4, -0.2) is 164 Å². The Morgan fingerprint density at radius 1 is 0.609 bits per heavy atom. The third kappa shape index (κ3) is 17.7. The highest BCUT2D eigenvalue weighted by molar-refractivity contribution is 6.32. The molecule has 1 fully saturated rings. The minimum absolute atomic E-state index is 0.00193. The van der Waals surface area contributed by atoms with Gasteiger partial charge in [-0.15, -0.1) is 0 Å². The predicted molar refractivity (Wildman–Crippen MR) is 400 cm³/mol. The molecule has 32 heteroatoms. The van der Waals surface area contributed by atoms with E-state index in [1.807, 2.05) is 19.0 Å². The highest BCUT2D eigenvalue weighted by Crippen LogP contribution is 2.49. The Morgan fingerprint density at radius 2 is 1.25 bits per heavy atom. The average Bonchev–Trinajstić information content (AvgIpc) is 0.756. The summed E-state index contributed by atoms with van der Waals surface area (Å²) in [5, 5.41) is 109. The van der Waals surface area contributed by atoms with Crippen molar-refractivity contribution in [2.45, 2.75) is 133 Å². The maximum absolute atomic E-state index is 16.3. The van der Waals surface area contributed by atoms with Crippen LogP contribution in [0, 0.1) is 0 Å². The molecule has 9 atom stereocenters. The molecule has 0 saturated carbocycles. The molecule has 0 spiro atoms. The van der Waals surface area contributed by atoms with Crippen molar-refractivity contribution in [1.82, 2.24) is 57.7 Å². The Bertz CT molecular complexity index is 4790. The predicted octanol–water partition coefficient (Wildman–Crippen LogP) is 7.89. The number of phenolic OH excluding ortho intramolecular Hbond substituents is 6. The first-order chi connectivity index (χ1) is 52.3. The second-order valence-corrected chi connectivity index (χ2v) is 29.8. The van der Waals surface area contributed by atoms with Gasteiger partial charge in [-0.2, -0.15) is 0 Å². The van der Waals surface area contributed by atoms with Crippen molar-refractivity contribution in [3.63, 3.8) is 0 Å². The largest absolute Gasteiger partial charge is 0.508 e. The molecule has 7 heterocycles. The lowest BCUT2D eigenvalue weighted by atomic mass is 9.87. The molecule has 110 heavy (non-hydrogen) atoms. The van der Waals surface area contributed by atoms with Gasteiger partial charge in [-0.3, -0.25) is 33.6 Å². The molecule has 14 rings (SSSR count). The number of piperidine rings is 1. The minimum Gasteiger partial charge on any atom is -0.508 e. The monoisotopic (exact) mass is 1550 g/mol. The van der Waals surface area contributed by atoms with E-state index in [1.165, 1.54) is 66.7 Å². The van der Waals surface area contributed by atoms with Gasteiger partial charge in [-0.05, 0) is 205 Å². The highest BCUT2D eigenvalue weighted by atomic mass is 35.5. The number of phenols is 6. The van der Waals surface area contributed by atoms with E-state index in [2.05, 4.69) is 59.7 Å². The molecule has 7 aliphatic heterocycles. The van der Waals surface area contributed by atoms with Crippen LogP contribution in [0.25, 0.3) is 11.1 Å². The van der Waals surface area contributed by atoms with E-state index in [4.69, 9.17) is 42.1 Å². The van der Waals surface area contributed by atoms with Gasteiger partial charge < -0.3 is 112 Å². The first-order valence-corrected chi connectivity index (χ1v) is 36.5. The molecule has 7 aliphatic rings. The Hall–Kier alpha value is -11.3. The van der Waals surface area contributed by atoms with Crippen LogP contribution in [-0.2, 0) is 51.3 Å². The minimum atomic E-state index is -2.21. The summed E-state index contributed by atoms with van der Waals surface area (Å²) in [6.45, 7) is 9.26. The van der Waals surface area contributed by atoms with E-state index in [0.29, 0.717) is 32.5 Å². The number of hydrogen-bond acceptors (Lipinski definition) is 22. The van der Waals surface area contributed by atoms with Crippen molar-refractivity contribution in [2.75, 3.05) is 46.8 Å². The van der Waals surface area contributed by atoms with Crippen LogP contribution in [0.2, 0.25) is 10.0 Å². The SMILES string of the molecule is CC1CCCCN1CCCNC(=O)[C@H]1NC(=O)[C@H]2NC(=O)[C@@H](NC(=O)[C@H]3NC(=O)[C@H]4NC(=O)[C@H](Cc5ccc(c(Cl)c5)Oc5cc3cc(c5O)Oc3ccc(cc3Cl)C2O)NC(=O)[C@H](NC(=O)OC(C)(C)C)c2ccc(O)c(c2)Oc2cc(O)cc4c2)c2ccc(O)c(c2)-c2c1cc(O)c(CNCCCN(C)C)c2O. The summed E-state index contributed by atoms with van der Waals surface area (Å²) in [4.78, 5) is 127. The Balaban J connectivity index is 1.03. The van der Waals surface area contributed by atoms with E-state index < -0.39 is 154 Å². The zero-order chi connectivity index (χ0) is 78.7. The first-order valence-electron chi connectivity index (χ1n) is 35.8. The zero-order valence-electron chi connectivity index (χ0n) is 60.8. The molecule has 30 nitrogen and oxygen atoms in total. The quantitative estimate of drug-likeness (QED) is 0.0517. The number of alkyl carbamates (subject to hydrolysis) is 1. The van der Waals surface area contributed by atoms with Crippen LogP contribution in [0.4, 0.5) is 4.79 Å². The fraction of sp³-hybridized carbons (Fsp3) is 0.359. The normalized spacial score (nSPS) is 21.5. The van der Waals surface area contributed by atoms with Gasteiger partial charge in [0.15, 0.2) is 23.0 Å². The molecule has 16 N–H and O–H groups in total. The van der Waals surface area contributed by atoms with Crippen LogP contribution in [0.5, 0.6) is 69.0 Å². The first kappa shape index (κ1) is 78.3. The van der Waals surface area contributed by atoms with Crippen molar-refractivity contribution in [2.24, 2.45) is 0 Å². The number of carbonyl (C=O) groups is 8. The van der Waals surface area contributed by atoms with Crippen molar-refractivity contribution in [3.05, 3.63) is 164 Å². The Kier molecular flexibility index (Phi) is 23.4. The third-order valence-electron chi connectivity index (χ3n) is 19.5. The van der Waals surface area contributed by atoms with Gasteiger partial charge in [0.25, 0.3) is 0 Å². The summed E-state index contributed by atoms with van der Waals surface area (Å²) in [7, 11) is 3.79. The van der Waals surface area contributed by atoms with Crippen molar-refractivity contribution in [3.8, 4) is 80.1 Å². The highest BCUT2D eigenvalue weighted by Gasteiger charge is 2.42. The van der Waals surface area contributed by atoms with Crippen molar-refractivity contribution >= 4 is 70.6 Å². The number of likely N-dealkylation sites (tertiary alicyclic amines) is 1. The lowest BCUT2D eigenvalue weighted by Gasteiger charge is -2.33. The molecule has 580 valence electrons. The van der Waals surface area contributed by atoms with Gasteiger partial charge in [0.2, 0.25) is 47.1 Å². The topological polar surface area (TPSA) is 430 Å². The molecule has 8 amide bonds. The zero-order valence-corrected chi connectivity index (χ0v) is 62.3. The fourth-order valence-corrected chi connectivity index (χ4v) is 14.3. The number of nitrogens with one attached hydrogen (secondary N) is 9. The van der Waals surface area contributed by atoms with Crippen LogP contribution >= 0.6 is 23.2 Å². The molecule has 0 radical (unpaired) electrons. The van der Waals surface area contributed by atoms with Crippen LogP contribution in [0.3, 0.4) is 0 Å². The summed E-state index contributed by atoms with van der Waals surface area (Å²) in [6, 6.07) is 8.14. The maximum atomic E-state index is 16.3. The molecule has 2 unspecified atom stereocenters. The number of ether oxygens (including phenoxy) is 4. The number of fused-ring (bicyclic) bond motifs is 14. The lowest BCUT2D eigenvalue weighted by Crippen LogP contribution is -2.56. The summed E-state index contributed by atoms with van der Waals surface area (Å²) in [5.41, 5.74) is -2.87. The van der Waals surface area contributed by atoms with Crippen LogP contribution < -0.4 is 62.1 Å². The van der Waals surface area contributed by atoms with E-state index >= 15 is 28.8 Å². The van der Waals surface area contributed by atoms with Crippen molar-refractivity contribution < 1.29 is 93.0 Å². The molecular formula is C78H85Cl2N11O19. The fourth-order valence-electron chi connectivity index (χ4n) is 13.9. The number of carbonyl (C=O) groups excluding carboxylic acids is 8. The standard InChI is InChI=1S/C78H85Cl2N11O19/c1-37-11-7-8-23-91(37)24-10-21-82-71(100)65-47-35-54(95)48(36-81-20-9-22-90(5)6)68(97)60(47)46-29-39(13-16-52(46)93)61-73(102)88-66(76(105)87-65)67(96)41-15-19-56(50(80)30-41)109-59-33-43-32-58(69(59)98)108-55-18-12-38(25-49(55)79)26-51-70(99)84-63(74(103)86-64(43)75(104)85-61)42-27-44(92)34-45(28-42)107-57-31-40(14-17-53(57)94)62(72(101)83-51)89-77(106)110-78(2,3)4/h12-19,25,27-35,37,51,61-67,81,92-98H,7-11,20-24,26,36H2,1-6H3,(H,82,100)(H,83,101)(H,84,99)(H,85,104)(H,86,103)(H,87,105)(H,88,102)(H,89,106)/t37?,51-,61-,62+,63-,64-,65-,66-,67?/m0/s1. The van der Waals surface area contributed by atoms with Gasteiger partial charge in [0.05, 0.1) is 15.6 Å². The molecular weight excluding hydrogens is 1470 g/mol. The Morgan fingerprint density at radius 3 is 1.93 bits per heavy atom. The third-order valence-corrected chi connectivity index (χ3v) is 20.1. The number of rotatable bonds is 12. The van der Waals surface area contributed by atoms with E-state index in [9.17, 15) is 45.3 Å². The molecule has 0 aromatic heterocycles. The number of aromatic hydroxyl groups is 6. The number of halogens is 2. The number of amides is 8. The molecule has 1 saturated heterocycles. The summed E-state index contributed by atoms with van der Waals surface area (Å²) >= 11 is 14.1. The second-order valence-electron chi connectivity index (χ2n) is 29.0. The van der Waals surface area contributed by atoms with Crippen molar-refractivity contribution in [1.29, 1.82) is 0 Å². The van der Waals surface area contributed by atoms with Gasteiger partial charge in [-0.25, -0.2) is 4.79 Å². The molecule has 17 bridgehead atoms. The number of aliphatic hydroxyl groups excluding tert-OH is 1. The van der Waals surface area contributed by atoms with Gasteiger partial charge in [0.1, 0.15) is 94.2 Å². The average molecular weight is 1550 g/mol. The van der Waals surface area contributed by atoms with Crippen LogP contribution in [0.1, 0.15) is 141 Å². The van der Waals surface area contributed by atoms with Gasteiger partial charge in [0, 0.05) is 49.3 Å². The van der Waals surface area contributed by atoms with Gasteiger partial charge >= 0.3 is 6.09 Å². The molecule has 7 aromatic carbocycles. The molecule has 0 aliphatic carbocycles. The van der Waals surface area contributed by atoms with Crippen LogP contribution in [0.15, 0.2) is 109 Å². The lowest BCUT2D eigenvalue weighted by molar-refractivity contribution is -0.137. The second kappa shape index (κ2) is 32.9. The number of aliphatic hydroxyl groups is 1. The smallest absolute Gasteiger partial charge is 0.408 e.